The van der Waals surface area contributed by atoms with Gasteiger partial charge in [0.15, 0.2) is 0 Å². The van der Waals surface area contributed by atoms with Crippen LogP contribution in [0.4, 0.5) is 0 Å². The summed E-state index contributed by atoms with van der Waals surface area (Å²) >= 11 is 6.27. The number of aromatic amines is 1. The van der Waals surface area contributed by atoms with Gasteiger partial charge in [0.1, 0.15) is 29.5 Å². The first-order chi connectivity index (χ1) is 19.0. The molecule has 5 aromatic rings. The fourth-order valence-corrected chi connectivity index (χ4v) is 5.16. The first kappa shape index (κ1) is 24.8. The smallest absolute Gasteiger partial charge is 0.273 e. The number of rotatable bonds is 7. The average Bonchev–Trinajstić information content (AvgIpc) is 3.50. The van der Waals surface area contributed by atoms with Crippen molar-refractivity contribution in [3.8, 4) is 22.8 Å². The zero-order valence-electron chi connectivity index (χ0n) is 21.3. The first-order valence-corrected chi connectivity index (χ1v) is 13.1. The molecule has 1 amide bonds. The molecule has 4 aromatic carbocycles. The molecule has 0 saturated carbocycles. The largest absolute Gasteiger partial charge is 0.507 e. The Morgan fingerprint density at radius 1 is 0.949 bits per heavy atom. The van der Waals surface area contributed by atoms with Gasteiger partial charge in [0, 0.05) is 22.7 Å². The molecule has 2 heterocycles. The average molecular weight is 536 g/mol. The van der Waals surface area contributed by atoms with Gasteiger partial charge in [0.05, 0.1) is 6.04 Å². The van der Waals surface area contributed by atoms with Gasteiger partial charge in [0.25, 0.3) is 5.91 Å². The van der Waals surface area contributed by atoms with Crippen LogP contribution in [0.1, 0.15) is 44.3 Å². The van der Waals surface area contributed by atoms with E-state index in [0.717, 1.165) is 28.0 Å². The van der Waals surface area contributed by atoms with Gasteiger partial charge in [0.2, 0.25) is 0 Å². The van der Waals surface area contributed by atoms with Crippen molar-refractivity contribution in [2.75, 3.05) is 0 Å². The molecule has 194 valence electrons. The molecule has 1 aliphatic heterocycles. The van der Waals surface area contributed by atoms with E-state index in [4.69, 9.17) is 16.3 Å². The summed E-state index contributed by atoms with van der Waals surface area (Å²) in [4.78, 5) is 15.5. The number of carbonyl (C=O) groups excluding carboxylic acids is 1. The summed E-state index contributed by atoms with van der Waals surface area (Å²) in [5.41, 5.74) is 6.26. The highest BCUT2D eigenvalue weighted by molar-refractivity contribution is 6.31. The molecule has 0 saturated heterocycles. The summed E-state index contributed by atoms with van der Waals surface area (Å²) in [5.74, 6) is 0.624. The number of benzene rings is 4. The number of halogens is 1. The highest BCUT2D eigenvalue weighted by Crippen LogP contribution is 2.45. The number of amides is 1. The van der Waals surface area contributed by atoms with Crippen LogP contribution in [0.5, 0.6) is 11.5 Å². The zero-order valence-corrected chi connectivity index (χ0v) is 22.0. The maximum Gasteiger partial charge on any atom is 0.273 e. The molecule has 39 heavy (non-hydrogen) atoms. The van der Waals surface area contributed by atoms with Crippen molar-refractivity contribution < 1.29 is 14.6 Å². The van der Waals surface area contributed by atoms with Gasteiger partial charge in [-0.05, 0) is 53.9 Å². The van der Waals surface area contributed by atoms with Crippen LogP contribution in [0, 0.1) is 6.92 Å². The molecule has 0 aliphatic carbocycles. The van der Waals surface area contributed by atoms with Gasteiger partial charge in [-0.2, -0.15) is 5.10 Å². The molecule has 1 aliphatic rings. The molecule has 2 N–H and O–H groups in total. The Labute approximate surface area is 231 Å². The van der Waals surface area contributed by atoms with Gasteiger partial charge in [-0.25, -0.2) is 0 Å². The van der Waals surface area contributed by atoms with Gasteiger partial charge in [-0.3, -0.25) is 9.89 Å². The monoisotopic (exact) mass is 535 g/mol. The lowest BCUT2D eigenvalue weighted by atomic mass is 9.95. The minimum absolute atomic E-state index is 0.0431. The van der Waals surface area contributed by atoms with Crippen LogP contribution in [-0.4, -0.2) is 26.1 Å². The highest BCUT2D eigenvalue weighted by atomic mass is 35.5. The second-order valence-electron chi connectivity index (χ2n) is 9.69. The third-order valence-electron chi connectivity index (χ3n) is 7.00. The third kappa shape index (κ3) is 4.87. The van der Waals surface area contributed by atoms with E-state index in [1.165, 1.54) is 6.07 Å². The number of H-pyrrole nitrogens is 1. The second kappa shape index (κ2) is 10.3. The number of nitrogens with one attached hydrogen (secondary N) is 1. The number of nitrogens with zero attached hydrogens (tertiary/aromatic N) is 2. The van der Waals surface area contributed by atoms with Gasteiger partial charge in [-0.1, -0.05) is 83.9 Å². The summed E-state index contributed by atoms with van der Waals surface area (Å²) < 4.78 is 5.99. The Morgan fingerprint density at radius 3 is 2.44 bits per heavy atom. The Bertz CT molecular complexity index is 1630. The van der Waals surface area contributed by atoms with Crippen molar-refractivity contribution in [1.29, 1.82) is 0 Å². The number of ether oxygens (including phenoxy) is 1. The first-order valence-electron chi connectivity index (χ1n) is 12.7. The maximum atomic E-state index is 13.7. The Morgan fingerprint density at radius 2 is 1.69 bits per heavy atom. The van der Waals surface area contributed by atoms with Crippen LogP contribution in [0.25, 0.3) is 11.3 Å². The summed E-state index contributed by atoms with van der Waals surface area (Å²) in [7, 11) is 0. The molecule has 0 bridgehead atoms. The zero-order chi connectivity index (χ0) is 26.9. The van der Waals surface area contributed by atoms with E-state index in [0.29, 0.717) is 40.7 Å². The molecule has 6 nitrogen and oxygen atoms in total. The van der Waals surface area contributed by atoms with Crippen LogP contribution >= 0.6 is 11.6 Å². The summed E-state index contributed by atoms with van der Waals surface area (Å²) in [6.07, 6.45) is 0. The minimum atomic E-state index is -0.427. The molecular weight excluding hydrogens is 510 g/mol. The lowest BCUT2D eigenvalue weighted by molar-refractivity contribution is 0.0730. The summed E-state index contributed by atoms with van der Waals surface area (Å²) in [6.45, 7) is 2.92. The van der Waals surface area contributed by atoms with Crippen molar-refractivity contribution in [3.05, 3.63) is 136 Å². The van der Waals surface area contributed by atoms with E-state index < -0.39 is 6.04 Å². The molecule has 0 spiro atoms. The van der Waals surface area contributed by atoms with Crippen LogP contribution in [0.3, 0.4) is 0 Å². The predicted molar refractivity (Wildman–Crippen MR) is 151 cm³/mol. The number of carbonyl (C=O) groups is 1. The standard InChI is InChI=1S/C32H26ClN3O3/c1-20-7-9-21(10-8-20)18-36-31(23-11-14-25(15-12-23)39-19-22-5-3-2-4-6-22)28-29(34-35-30(28)32(36)38)26-17-24(33)13-16-27(26)37/h2-17,31,37H,18-19H2,1H3,(H,34,35). The highest BCUT2D eigenvalue weighted by Gasteiger charge is 2.42. The van der Waals surface area contributed by atoms with E-state index in [1.54, 1.807) is 12.1 Å². The van der Waals surface area contributed by atoms with Crippen molar-refractivity contribution in [2.24, 2.45) is 0 Å². The van der Waals surface area contributed by atoms with E-state index in [2.05, 4.69) is 10.2 Å². The van der Waals surface area contributed by atoms with Gasteiger partial charge < -0.3 is 14.7 Å². The SMILES string of the molecule is Cc1ccc(CN2C(=O)c3[nH]nc(-c4cc(Cl)ccc4O)c3C2c2ccc(OCc3ccccc3)cc2)cc1. The predicted octanol–water partition coefficient (Wildman–Crippen LogP) is 7.07. The lowest BCUT2D eigenvalue weighted by Gasteiger charge is -2.27. The summed E-state index contributed by atoms with van der Waals surface area (Å²) in [6, 6.07) is 30.3. The number of aryl methyl sites for hydroxylation is 1. The Balaban J connectivity index is 1.38. The Kier molecular flexibility index (Phi) is 6.55. The normalized spacial score (nSPS) is 14.5. The third-order valence-corrected chi connectivity index (χ3v) is 7.23. The molecule has 0 fully saturated rings. The summed E-state index contributed by atoms with van der Waals surface area (Å²) in [5, 5.41) is 18.5. The quantitative estimate of drug-likeness (QED) is 0.234. The van der Waals surface area contributed by atoms with Crippen LogP contribution < -0.4 is 4.74 Å². The number of phenols is 1. The van der Waals surface area contributed by atoms with Crippen molar-refractivity contribution in [1.82, 2.24) is 15.1 Å². The fraction of sp³-hybridized carbons (Fsp3) is 0.125. The number of hydrogen-bond donors (Lipinski definition) is 2. The van der Waals surface area contributed by atoms with E-state index >= 15 is 0 Å². The second-order valence-corrected chi connectivity index (χ2v) is 10.1. The number of phenolic OH excluding ortho intramolecular Hbond substituents is 1. The van der Waals surface area contributed by atoms with E-state index in [-0.39, 0.29) is 11.7 Å². The fourth-order valence-electron chi connectivity index (χ4n) is 4.99. The van der Waals surface area contributed by atoms with Crippen molar-refractivity contribution in [2.45, 2.75) is 26.1 Å². The molecular formula is C32H26ClN3O3. The molecule has 0 radical (unpaired) electrons. The molecule has 7 heteroatoms. The molecule has 1 unspecified atom stereocenters. The number of hydrogen-bond acceptors (Lipinski definition) is 4. The lowest BCUT2D eigenvalue weighted by Crippen LogP contribution is -2.29. The van der Waals surface area contributed by atoms with Crippen LogP contribution in [-0.2, 0) is 13.2 Å². The van der Waals surface area contributed by atoms with E-state index in [9.17, 15) is 9.90 Å². The van der Waals surface area contributed by atoms with Gasteiger partial charge >= 0.3 is 0 Å². The van der Waals surface area contributed by atoms with E-state index in [1.807, 2.05) is 90.7 Å². The number of aromatic hydroxyl groups is 1. The number of aromatic nitrogens is 2. The van der Waals surface area contributed by atoms with Crippen LogP contribution in [0.15, 0.2) is 97.1 Å². The topological polar surface area (TPSA) is 78.5 Å². The van der Waals surface area contributed by atoms with Crippen molar-refractivity contribution in [3.63, 3.8) is 0 Å². The molecule has 1 atom stereocenters. The Hall–Kier alpha value is -4.55. The molecule has 1 aromatic heterocycles. The van der Waals surface area contributed by atoms with Crippen LogP contribution in [0.2, 0.25) is 5.02 Å². The number of fused-ring (bicyclic) bond motifs is 1. The molecule has 6 rings (SSSR count). The van der Waals surface area contributed by atoms with Gasteiger partial charge in [-0.15, -0.1) is 0 Å². The van der Waals surface area contributed by atoms with Crippen molar-refractivity contribution >= 4 is 17.5 Å². The minimum Gasteiger partial charge on any atom is -0.507 e. The maximum absolute atomic E-state index is 13.7.